The van der Waals surface area contributed by atoms with E-state index in [0.29, 0.717) is 17.5 Å². The maximum Gasteiger partial charge on any atom is 0.164 e. The highest BCUT2D eigenvalue weighted by molar-refractivity contribution is 6.11. The summed E-state index contributed by atoms with van der Waals surface area (Å²) in [6, 6.07) is 63.4. The van der Waals surface area contributed by atoms with Gasteiger partial charge in [0.25, 0.3) is 0 Å². The standard InChI is InChI=1S/C50H32N6/c1-3-15-33(16-4-1)48-52-49(34-17-5-2-6-18-34)54-50(53-48)35-27-28-46(55-42-23-11-7-19-36(42)37-20-8-12-24-43(37)55)40(31-35)41-32-51-30-29-47(41)56-44-25-13-9-21-38(44)39-22-10-14-26-45(39)56/h1-32H. The van der Waals surface area contributed by atoms with Gasteiger partial charge in [0.15, 0.2) is 17.5 Å². The molecule has 11 aromatic rings. The average molecular weight is 717 g/mol. The average Bonchev–Trinajstić information content (AvgIpc) is 3.80. The Morgan fingerprint density at radius 1 is 0.321 bits per heavy atom. The molecule has 6 nitrogen and oxygen atoms in total. The van der Waals surface area contributed by atoms with E-state index in [2.05, 4.69) is 130 Å². The first-order chi connectivity index (χ1) is 27.8. The van der Waals surface area contributed by atoms with E-state index >= 15 is 0 Å². The summed E-state index contributed by atoms with van der Waals surface area (Å²) in [6.45, 7) is 0. The number of hydrogen-bond acceptors (Lipinski definition) is 4. The number of pyridine rings is 1. The molecular weight excluding hydrogens is 685 g/mol. The molecule has 0 radical (unpaired) electrons. The Morgan fingerprint density at radius 3 is 1.18 bits per heavy atom. The monoisotopic (exact) mass is 716 g/mol. The first-order valence-electron chi connectivity index (χ1n) is 18.7. The molecule has 11 rings (SSSR count). The van der Waals surface area contributed by atoms with E-state index in [1.54, 1.807) is 0 Å². The van der Waals surface area contributed by atoms with Crippen LogP contribution in [0.25, 0.3) is 100 Å². The topological polar surface area (TPSA) is 61.4 Å². The Morgan fingerprint density at radius 2 is 0.714 bits per heavy atom. The van der Waals surface area contributed by atoms with E-state index in [-0.39, 0.29) is 0 Å². The van der Waals surface area contributed by atoms with E-state index < -0.39 is 0 Å². The summed E-state index contributed by atoms with van der Waals surface area (Å²) in [6.07, 6.45) is 3.88. The van der Waals surface area contributed by atoms with Crippen LogP contribution in [0.5, 0.6) is 0 Å². The molecule has 262 valence electrons. The third kappa shape index (κ3) is 5.11. The van der Waals surface area contributed by atoms with Gasteiger partial charge in [0, 0.05) is 61.8 Å². The third-order valence-electron chi connectivity index (χ3n) is 10.7. The second-order valence-electron chi connectivity index (χ2n) is 13.9. The summed E-state index contributed by atoms with van der Waals surface area (Å²) in [5, 5.41) is 4.80. The number of para-hydroxylation sites is 4. The molecule has 56 heavy (non-hydrogen) atoms. The first kappa shape index (κ1) is 31.8. The summed E-state index contributed by atoms with van der Waals surface area (Å²) in [5.74, 6) is 1.83. The Labute approximate surface area is 322 Å². The molecule has 0 N–H and O–H groups in total. The molecule has 0 aliphatic heterocycles. The molecule has 0 fully saturated rings. The smallest absolute Gasteiger partial charge is 0.164 e. The van der Waals surface area contributed by atoms with Crippen molar-refractivity contribution in [2.75, 3.05) is 0 Å². The van der Waals surface area contributed by atoms with Crippen LogP contribution in [0.15, 0.2) is 194 Å². The van der Waals surface area contributed by atoms with Crippen molar-refractivity contribution in [2.24, 2.45) is 0 Å². The minimum Gasteiger partial charge on any atom is -0.309 e. The van der Waals surface area contributed by atoms with Crippen molar-refractivity contribution >= 4 is 43.6 Å². The molecule has 0 saturated heterocycles. The van der Waals surface area contributed by atoms with Gasteiger partial charge >= 0.3 is 0 Å². The molecule has 0 aliphatic rings. The van der Waals surface area contributed by atoms with Gasteiger partial charge in [-0.15, -0.1) is 0 Å². The minimum atomic E-state index is 0.593. The molecule has 4 heterocycles. The maximum atomic E-state index is 5.13. The number of hydrogen-bond donors (Lipinski definition) is 0. The SMILES string of the molecule is c1ccc(-c2nc(-c3ccccc3)nc(-c3ccc(-n4c5ccccc5c5ccccc54)c(-c4cnccc4-n4c5ccccc5c5ccccc54)c3)n2)cc1. The van der Waals surface area contributed by atoms with Crippen LogP contribution >= 0.6 is 0 Å². The number of nitrogens with zero attached hydrogens (tertiary/aromatic N) is 6. The van der Waals surface area contributed by atoms with E-state index in [4.69, 9.17) is 19.9 Å². The molecule has 0 bridgehead atoms. The van der Waals surface area contributed by atoms with Crippen LogP contribution in [0.3, 0.4) is 0 Å². The van der Waals surface area contributed by atoms with Crippen molar-refractivity contribution in [3.05, 3.63) is 194 Å². The van der Waals surface area contributed by atoms with Crippen LogP contribution in [-0.2, 0) is 0 Å². The fraction of sp³-hybridized carbons (Fsp3) is 0. The minimum absolute atomic E-state index is 0.593. The lowest BCUT2D eigenvalue weighted by Crippen LogP contribution is -2.04. The van der Waals surface area contributed by atoms with Gasteiger partial charge in [-0.05, 0) is 48.5 Å². The highest BCUT2D eigenvalue weighted by Gasteiger charge is 2.22. The van der Waals surface area contributed by atoms with E-state index in [9.17, 15) is 0 Å². The van der Waals surface area contributed by atoms with Gasteiger partial charge in [-0.3, -0.25) is 4.98 Å². The summed E-state index contributed by atoms with van der Waals surface area (Å²) < 4.78 is 4.75. The normalized spacial score (nSPS) is 11.6. The van der Waals surface area contributed by atoms with E-state index in [0.717, 1.165) is 61.3 Å². The van der Waals surface area contributed by atoms with Crippen LogP contribution in [0.4, 0.5) is 0 Å². The molecule has 4 aromatic heterocycles. The van der Waals surface area contributed by atoms with Gasteiger partial charge in [-0.25, -0.2) is 15.0 Å². The van der Waals surface area contributed by atoms with Gasteiger partial charge < -0.3 is 9.13 Å². The van der Waals surface area contributed by atoms with Gasteiger partial charge in [-0.2, -0.15) is 0 Å². The zero-order valence-corrected chi connectivity index (χ0v) is 30.2. The van der Waals surface area contributed by atoms with Crippen LogP contribution < -0.4 is 0 Å². The van der Waals surface area contributed by atoms with Crippen molar-refractivity contribution in [3.63, 3.8) is 0 Å². The fourth-order valence-corrected chi connectivity index (χ4v) is 8.18. The number of aromatic nitrogens is 6. The molecule has 0 aliphatic carbocycles. The van der Waals surface area contributed by atoms with Gasteiger partial charge in [-0.1, -0.05) is 133 Å². The molecular formula is C50H32N6. The number of fused-ring (bicyclic) bond motifs is 6. The molecule has 0 spiro atoms. The van der Waals surface area contributed by atoms with Gasteiger partial charge in [0.1, 0.15) is 0 Å². The third-order valence-corrected chi connectivity index (χ3v) is 10.7. The van der Waals surface area contributed by atoms with E-state index in [1.165, 1.54) is 21.5 Å². The summed E-state index contributed by atoms with van der Waals surface area (Å²) in [7, 11) is 0. The molecule has 6 heteroatoms. The zero-order valence-electron chi connectivity index (χ0n) is 30.2. The van der Waals surface area contributed by atoms with Crippen molar-refractivity contribution in [1.82, 2.24) is 29.1 Å². The lowest BCUT2D eigenvalue weighted by Gasteiger charge is -2.19. The number of benzene rings is 7. The van der Waals surface area contributed by atoms with Crippen molar-refractivity contribution < 1.29 is 0 Å². The number of rotatable bonds is 6. The van der Waals surface area contributed by atoms with Crippen LogP contribution in [0, 0.1) is 0 Å². The van der Waals surface area contributed by atoms with Crippen LogP contribution in [-0.4, -0.2) is 29.1 Å². The van der Waals surface area contributed by atoms with Crippen molar-refractivity contribution in [2.45, 2.75) is 0 Å². The highest BCUT2D eigenvalue weighted by atomic mass is 15.0. The van der Waals surface area contributed by atoms with Crippen molar-refractivity contribution in [1.29, 1.82) is 0 Å². The predicted octanol–water partition coefficient (Wildman–Crippen LogP) is 12.1. The predicted molar refractivity (Wildman–Crippen MR) is 228 cm³/mol. The molecule has 0 atom stereocenters. The Hall–Kier alpha value is -7.70. The molecule has 0 saturated carbocycles. The van der Waals surface area contributed by atoms with E-state index in [1.807, 2.05) is 73.1 Å². The lowest BCUT2D eigenvalue weighted by atomic mass is 9.99. The Kier molecular flexibility index (Phi) is 7.38. The fourth-order valence-electron chi connectivity index (χ4n) is 8.18. The molecule has 7 aromatic carbocycles. The van der Waals surface area contributed by atoms with Crippen molar-refractivity contribution in [3.8, 4) is 56.7 Å². The maximum absolute atomic E-state index is 5.13. The summed E-state index contributed by atoms with van der Waals surface area (Å²) >= 11 is 0. The zero-order chi connectivity index (χ0) is 37.0. The van der Waals surface area contributed by atoms with Gasteiger partial charge in [0.2, 0.25) is 0 Å². The quantitative estimate of drug-likeness (QED) is 0.172. The van der Waals surface area contributed by atoms with Gasteiger partial charge in [0.05, 0.1) is 33.4 Å². The van der Waals surface area contributed by atoms with Crippen LogP contribution in [0.2, 0.25) is 0 Å². The highest BCUT2D eigenvalue weighted by Crippen LogP contribution is 2.41. The molecule has 0 amide bonds. The van der Waals surface area contributed by atoms with Crippen LogP contribution in [0.1, 0.15) is 0 Å². The molecule has 0 unspecified atom stereocenters. The summed E-state index contributed by atoms with van der Waals surface area (Å²) in [4.78, 5) is 20.0. The Balaban J connectivity index is 1.22. The lowest BCUT2D eigenvalue weighted by molar-refractivity contribution is 1.07. The second-order valence-corrected chi connectivity index (χ2v) is 13.9. The largest absolute Gasteiger partial charge is 0.309 e. The summed E-state index contributed by atoms with van der Waals surface area (Å²) in [5.41, 5.74) is 11.3. The Bertz CT molecular complexity index is 3090. The second kappa shape index (κ2) is 13.0. The first-order valence-corrected chi connectivity index (χ1v) is 18.7.